The van der Waals surface area contributed by atoms with E-state index in [1.165, 1.54) is 49.3 Å². The zero-order valence-corrected chi connectivity index (χ0v) is 41.2. The van der Waals surface area contributed by atoms with Gasteiger partial charge in [-0.25, -0.2) is 5.57 Å². The molecule has 0 spiro atoms. The van der Waals surface area contributed by atoms with Gasteiger partial charge in [-0.1, -0.05) is 183 Å². The molecule has 0 aromatic heterocycles. The maximum absolute atomic E-state index is 4.26. The van der Waals surface area contributed by atoms with Gasteiger partial charge in [-0.05, 0) is 51.4 Å². The minimum Gasteiger partial charge on any atom is -1.00 e. The molecule has 50 heavy (non-hydrogen) atoms. The van der Waals surface area contributed by atoms with Crippen LogP contribution in [0.4, 0.5) is 0 Å². The summed E-state index contributed by atoms with van der Waals surface area (Å²) in [5.74, 6) is 0. The Kier molecular flexibility index (Phi) is 16.2. The maximum Gasteiger partial charge on any atom is 4.00 e. The summed E-state index contributed by atoms with van der Waals surface area (Å²) in [4.78, 5) is 0. The molecule has 3 aromatic carbocycles. The fraction of sp³-hybridized carbons (Fsp3) is 0.488. The first-order valence-electron chi connectivity index (χ1n) is 17.4. The van der Waals surface area contributed by atoms with Gasteiger partial charge in [0.2, 0.25) is 0 Å². The SMILES string of the molecule is CC1=[C-]C(C)([Si](c2cc(C)cc(C)c2)(c2cc(C(C)(C)C)cc(C(C)(C)C)c2)c2cc([Si](C)(C)C)cc([Si](C)(C)C)c2)C(C)=C1C.[Cl-].[Cl-].[Cl-].[Ti+4]. The van der Waals surface area contributed by atoms with E-state index < -0.39 is 24.2 Å². The second-order valence-electron chi connectivity index (χ2n) is 18.8. The number of benzene rings is 3. The number of rotatable bonds is 6. The van der Waals surface area contributed by atoms with Crippen molar-refractivity contribution >= 4 is 50.2 Å². The normalized spacial score (nSPS) is 17.8. The van der Waals surface area contributed by atoms with Gasteiger partial charge in [0, 0.05) is 0 Å². The van der Waals surface area contributed by atoms with Gasteiger partial charge in [0.25, 0.3) is 0 Å². The van der Waals surface area contributed by atoms with Crippen LogP contribution in [0.25, 0.3) is 0 Å². The first-order valence-corrected chi connectivity index (χ1v) is 26.4. The Bertz CT molecular complexity index is 1580. The largest absolute Gasteiger partial charge is 4.00 e. The maximum atomic E-state index is 4.26. The van der Waals surface area contributed by atoms with Gasteiger partial charge in [0.1, 0.15) is 8.07 Å². The molecule has 0 fully saturated rings. The summed E-state index contributed by atoms with van der Waals surface area (Å²) >= 11 is 0. The van der Waals surface area contributed by atoms with E-state index in [4.69, 9.17) is 0 Å². The Hall–Kier alpha value is -0.625. The van der Waals surface area contributed by atoms with Crippen molar-refractivity contribution in [2.24, 2.45) is 0 Å². The molecule has 0 aliphatic heterocycles. The summed E-state index contributed by atoms with van der Waals surface area (Å²) < 4.78 is 0. The van der Waals surface area contributed by atoms with E-state index in [0.717, 1.165) is 0 Å². The van der Waals surface area contributed by atoms with Crippen LogP contribution in [0.2, 0.25) is 44.3 Å². The zero-order chi connectivity index (χ0) is 35.0. The quantitative estimate of drug-likeness (QED) is 0.192. The van der Waals surface area contributed by atoms with Crippen LogP contribution in [0.1, 0.15) is 91.5 Å². The molecule has 7 heteroatoms. The Labute approximate surface area is 344 Å². The fourth-order valence-corrected chi connectivity index (χ4v) is 16.6. The molecule has 0 amide bonds. The van der Waals surface area contributed by atoms with Crippen LogP contribution < -0.4 is 63.2 Å². The van der Waals surface area contributed by atoms with Gasteiger partial charge >= 0.3 is 21.7 Å². The summed E-state index contributed by atoms with van der Waals surface area (Å²) in [5.41, 5.74) is 9.83. The van der Waals surface area contributed by atoms with E-state index in [2.05, 4.69) is 183 Å². The van der Waals surface area contributed by atoms with Gasteiger partial charge < -0.3 is 37.2 Å². The average Bonchev–Trinajstić information content (AvgIpc) is 3.09. The van der Waals surface area contributed by atoms with Crippen LogP contribution in [0.15, 0.2) is 71.3 Å². The molecule has 0 heterocycles. The molecule has 0 saturated heterocycles. The molecule has 0 nitrogen and oxygen atoms in total. The van der Waals surface area contributed by atoms with Crippen LogP contribution in [0.5, 0.6) is 0 Å². The third-order valence-corrected chi connectivity index (χ3v) is 20.4. The van der Waals surface area contributed by atoms with E-state index in [1.54, 1.807) is 15.6 Å². The van der Waals surface area contributed by atoms with E-state index >= 15 is 0 Å². The van der Waals surface area contributed by atoms with Gasteiger partial charge in [-0.2, -0.15) is 11.1 Å². The minimum atomic E-state index is -2.91. The first-order chi connectivity index (χ1) is 20.7. The second-order valence-corrected chi connectivity index (χ2v) is 33.2. The van der Waals surface area contributed by atoms with Crippen LogP contribution in [-0.2, 0) is 32.5 Å². The monoisotopic (exact) mass is 816 g/mol. The molecule has 1 aliphatic rings. The predicted octanol–water partition coefficient (Wildman–Crippen LogP) is 0.328. The molecule has 0 radical (unpaired) electrons. The van der Waals surface area contributed by atoms with Crippen molar-refractivity contribution in [2.75, 3.05) is 0 Å². The molecule has 272 valence electrons. The molecule has 2 unspecified atom stereocenters. The van der Waals surface area contributed by atoms with Crippen LogP contribution in [0, 0.1) is 19.9 Å². The van der Waals surface area contributed by atoms with Crippen LogP contribution in [-0.4, -0.2) is 24.2 Å². The second kappa shape index (κ2) is 16.4. The van der Waals surface area contributed by atoms with E-state index in [1.807, 2.05) is 0 Å². The van der Waals surface area contributed by atoms with Crippen molar-refractivity contribution in [1.82, 2.24) is 0 Å². The van der Waals surface area contributed by atoms with Crippen LogP contribution >= 0.6 is 0 Å². The minimum absolute atomic E-state index is 0. The molecule has 0 bridgehead atoms. The van der Waals surface area contributed by atoms with Gasteiger partial charge in [-0.15, -0.1) is 6.92 Å². The summed E-state index contributed by atoms with van der Waals surface area (Å²) in [6.45, 7) is 43.7. The Balaban J connectivity index is 0.00000600. The van der Waals surface area contributed by atoms with Gasteiger partial charge in [-0.3, -0.25) is 6.08 Å². The Morgan fingerprint density at radius 2 is 0.840 bits per heavy atom. The van der Waals surface area contributed by atoms with Gasteiger partial charge in [0.15, 0.2) is 0 Å². The van der Waals surface area contributed by atoms with Crippen molar-refractivity contribution in [3.63, 3.8) is 0 Å². The number of allylic oxidation sites excluding steroid dienone is 4. The molecule has 4 rings (SSSR count). The predicted molar refractivity (Wildman–Crippen MR) is 216 cm³/mol. The van der Waals surface area contributed by atoms with Crippen molar-refractivity contribution < 1.29 is 58.9 Å². The third-order valence-electron chi connectivity index (χ3n) is 10.9. The summed E-state index contributed by atoms with van der Waals surface area (Å²) in [7, 11) is -6.23. The number of halogens is 3. The molecule has 2 atom stereocenters. The number of hydrogen-bond acceptors (Lipinski definition) is 0. The summed E-state index contributed by atoms with van der Waals surface area (Å²) in [5, 5.41) is 7.53. The van der Waals surface area contributed by atoms with Crippen molar-refractivity contribution in [2.45, 2.75) is 138 Å². The number of aryl methyl sites for hydroxylation is 2. The zero-order valence-electron chi connectivity index (χ0n) is 34.3. The molecule has 3 aromatic rings. The molecule has 1 aliphatic carbocycles. The van der Waals surface area contributed by atoms with E-state index in [0.29, 0.717) is 0 Å². The van der Waals surface area contributed by atoms with E-state index in [9.17, 15) is 0 Å². The van der Waals surface area contributed by atoms with Crippen LogP contribution in [0.3, 0.4) is 0 Å². The first kappa shape index (κ1) is 49.4. The topological polar surface area (TPSA) is 0 Å². The Morgan fingerprint density at radius 1 is 0.500 bits per heavy atom. The summed E-state index contributed by atoms with van der Waals surface area (Å²) in [6, 6.07) is 23.3. The average molecular weight is 818 g/mol. The fourth-order valence-electron chi connectivity index (χ4n) is 7.57. The molecule has 0 N–H and O–H groups in total. The van der Waals surface area contributed by atoms with Crippen molar-refractivity contribution in [3.8, 4) is 0 Å². The van der Waals surface area contributed by atoms with Crippen molar-refractivity contribution in [1.29, 1.82) is 0 Å². The van der Waals surface area contributed by atoms with Crippen molar-refractivity contribution in [3.05, 3.63) is 99.6 Å². The van der Waals surface area contributed by atoms with E-state index in [-0.39, 0.29) is 74.8 Å². The number of hydrogen-bond donors (Lipinski definition) is 0. The molecular weight excluding hydrogens is 755 g/mol. The molecule has 0 saturated carbocycles. The molecular formula is C43H63Cl3Si3Ti. The van der Waals surface area contributed by atoms with Gasteiger partial charge in [0.05, 0.1) is 16.1 Å². The third kappa shape index (κ3) is 9.18. The Morgan fingerprint density at radius 3 is 1.16 bits per heavy atom. The summed E-state index contributed by atoms with van der Waals surface area (Å²) in [6.07, 6.45) is 4.26. The standard InChI is InChI=1S/C43H63Si3.3ClH.Ti/c1-29-19-30(2)21-38(20-29)46(43(12)28-31(3)32(4)33(43)5,39-23-34(41(6,7)8)22-35(24-39)42(9,10)11)40-26-36(44(13,14)15)25-37(27-40)45(16,17)18;;;;/h19-27H,1-18H3;3*1H;/q-1;;;;+4/p-3. The smallest absolute Gasteiger partial charge is 1.00 e.